The molecule has 0 unspecified atom stereocenters. The summed E-state index contributed by atoms with van der Waals surface area (Å²) >= 11 is 0. The van der Waals surface area contributed by atoms with Crippen LogP contribution in [0.1, 0.15) is 6.92 Å². The van der Waals surface area contributed by atoms with Gasteiger partial charge in [0.15, 0.2) is 0 Å². The van der Waals surface area contributed by atoms with Crippen molar-refractivity contribution >= 4 is 11.8 Å². The zero-order chi connectivity index (χ0) is 13.8. The Morgan fingerprint density at radius 1 is 1.21 bits per heavy atom. The number of amides is 1. The number of benzene rings is 1. The van der Waals surface area contributed by atoms with E-state index in [2.05, 4.69) is 0 Å². The number of piperazine rings is 1. The first-order valence-corrected chi connectivity index (χ1v) is 6.24. The third-order valence-corrected chi connectivity index (χ3v) is 3.06. The van der Waals surface area contributed by atoms with Gasteiger partial charge in [-0.2, -0.15) is 0 Å². The van der Waals surface area contributed by atoms with Crippen LogP contribution in [-0.2, 0) is 4.74 Å². The van der Waals surface area contributed by atoms with Gasteiger partial charge >= 0.3 is 6.09 Å². The molecule has 0 aromatic heterocycles. The number of carbonyl (C=O) groups excluding carboxylic acids is 1. The Bertz CT molecular complexity index is 440. The Balaban J connectivity index is 2.02. The predicted molar refractivity (Wildman–Crippen MR) is 67.2 cm³/mol. The first-order chi connectivity index (χ1) is 9.13. The van der Waals surface area contributed by atoms with Crippen LogP contribution in [0, 0.1) is 11.6 Å². The predicted octanol–water partition coefficient (Wildman–Crippen LogP) is 2.24. The molecule has 1 fully saturated rings. The Morgan fingerprint density at radius 2 is 1.79 bits per heavy atom. The van der Waals surface area contributed by atoms with Gasteiger partial charge in [0.05, 0.1) is 6.61 Å². The summed E-state index contributed by atoms with van der Waals surface area (Å²) in [5.74, 6) is -1.16. The maximum Gasteiger partial charge on any atom is 0.409 e. The molecule has 1 heterocycles. The summed E-state index contributed by atoms with van der Waals surface area (Å²) in [6.07, 6.45) is -0.379. The summed E-state index contributed by atoms with van der Waals surface area (Å²) in [5.41, 5.74) is -0.0222. The van der Waals surface area contributed by atoms with E-state index < -0.39 is 11.6 Å². The molecule has 4 nitrogen and oxygen atoms in total. The number of halogens is 2. The molecular weight excluding hydrogens is 254 g/mol. The first kappa shape index (κ1) is 13.6. The first-order valence-electron chi connectivity index (χ1n) is 6.24. The molecule has 1 amide bonds. The minimum absolute atomic E-state index is 0.0222. The number of ether oxygens (including phenoxy) is 1. The smallest absolute Gasteiger partial charge is 0.409 e. The van der Waals surface area contributed by atoms with Crippen molar-refractivity contribution in [2.75, 3.05) is 37.7 Å². The molecule has 6 heteroatoms. The summed E-state index contributed by atoms with van der Waals surface area (Å²) in [7, 11) is 0. The summed E-state index contributed by atoms with van der Waals surface area (Å²) in [5, 5.41) is 0. The molecule has 0 N–H and O–H groups in total. The Hall–Kier alpha value is -1.85. The minimum atomic E-state index is -0.579. The highest BCUT2D eigenvalue weighted by Gasteiger charge is 2.25. The van der Waals surface area contributed by atoms with Crippen LogP contribution in [0.5, 0.6) is 0 Å². The number of nitrogens with zero attached hydrogens (tertiary/aromatic N) is 2. The van der Waals surface area contributed by atoms with E-state index in [-0.39, 0.29) is 11.8 Å². The van der Waals surface area contributed by atoms with Gasteiger partial charge in [-0.25, -0.2) is 13.6 Å². The zero-order valence-corrected chi connectivity index (χ0v) is 10.7. The fraction of sp³-hybridized carbons (Fsp3) is 0.462. The number of anilines is 1. The van der Waals surface area contributed by atoms with Crippen LogP contribution in [0.2, 0.25) is 0 Å². The highest BCUT2D eigenvalue weighted by Crippen LogP contribution is 2.24. The fourth-order valence-corrected chi connectivity index (χ4v) is 2.12. The maximum atomic E-state index is 13.6. The Kier molecular flexibility index (Phi) is 4.19. The second-order valence-corrected chi connectivity index (χ2v) is 4.24. The molecule has 0 saturated carbocycles. The third-order valence-electron chi connectivity index (χ3n) is 3.06. The molecule has 19 heavy (non-hydrogen) atoms. The molecule has 1 aromatic rings. The quantitative estimate of drug-likeness (QED) is 0.826. The second kappa shape index (κ2) is 5.86. The lowest BCUT2D eigenvalue weighted by Crippen LogP contribution is -2.49. The van der Waals surface area contributed by atoms with Crippen molar-refractivity contribution in [1.29, 1.82) is 0 Å². The summed E-state index contributed by atoms with van der Waals surface area (Å²) < 4.78 is 32.1. The van der Waals surface area contributed by atoms with E-state index in [1.54, 1.807) is 16.7 Å². The number of rotatable bonds is 2. The van der Waals surface area contributed by atoms with Crippen molar-refractivity contribution in [3.8, 4) is 0 Å². The van der Waals surface area contributed by atoms with Gasteiger partial charge in [-0.1, -0.05) is 6.07 Å². The van der Waals surface area contributed by atoms with E-state index in [1.165, 1.54) is 18.2 Å². The number of carbonyl (C=O) groups is 1. The van der Waals surface area contributed by atoms with Crippen molar-refractivity contribution in [3.05, 3.63) is 29.8 Å². The number of hydrogen-bond donors (Lipinski definition) is 0. The lowest BCUT2D eigenvalue weighted by atomic mass is 10.2. The average Bonchev–Trinajstić information content (AvgIpc) is 2.39. The van der Waals surface area contributed by atoms with E-state index in [0.717, 1.165) is 0 Å². The van der Waals surface area contributed by atoms with E-state index in [1.807, 2.05) is 0 Å². The molecule has 1 aromatic carbocycles. The number of para-hydroxylation sites is 1. The molecule has 104 valence electrons. The molecule has 0 aliphatic carbocycles. The van der Waals surface area contributed by atoms with Crippen molar-refractivity contribution in [2.45, 2.75) is 6.92 Å². The Labute approximate surface area is 110 Å². The monoisotopic (exact) mass is 270 g/mol. The largest absolute Gasteiger partial charge is 0.450 e. The molecule has 1 saturated heterocycles. The van der Waals surface area contributed by atoms with Crippen LogP contribution in [0.25, 0.3) is 0 Å². The third kappa shape index (κ3) is 2.94. The van der Waals surface area contributed by atoms with Crippen molar-refractivity contribution in [2.24, 2.45) is 0 Å². The van der Waals surface area contributed by atoms with E-state index in [4.69, 9.17) is 4.74 Å². The van der Waals surface area contributed by atoms with E-state index in [9.17, 15) is 13.6 Å². The van der Waals surface area contributed by atoms with Crippen LogP contribution in [0.3, 0.4) is 0 Å². The highest BCUT2D eigenvalue weighted by molar-refractivity contribution is 5.68. The average molecular weight is 270 g/mol. The normalized spacial score (nSPS) is 15.5. The van der Waals surface area contributed by atoms with Gasteiger partial charge in [-0.15, -0.1) is 0 Å². The number of hydrogen-bond acceptors (Lipinski definition) is 3. The van der Waals surface area contributed by atoms with Crippen molar-refractivity contribution in [1.82, 2.24) is 4.90 Å². The second-order valence-electron chi connectivity index (χ2n) is 4.24. The summed E-state index contributed by atoms with van der Waals surface area (Å²) in [6, 6.07) is 3.80. The van der Waals surface area contributed by atoms with Crippen molar-refractivity contribution in [3.63, 3.8) is 0 Å². The molecule has 0 spiro atoms. The van der Waals surface area contributed by atoms with Crippen LogP contribution in [0.15, 0.2) is 18.2 Å². The van der Waals surface area contributed by atoms with Gasteiger partial charge in [-0.3, -0.25) is 0 Å². The molecule has 0 radical (unpaired) electrons. The topological polar surface area (TPSA) is 32.8 Å². The van der Waals surface area contributed by atoms with Crippen LogP contribution >= 0.6 is 0 Å². The van der Waals surface area contributed by atoms with Crippen molar-refractivity contribution < 1.29 is 18.3 Å². The van der Waals surface area contributed by atoms with Crippen LogP contribution in [-0.4, -0.2) is 43.8 Å². The van der Waals surface area contributed by atoms with Crippen LogP contribution < -0.4 is 4.90 Å². The SMILES string of the molecule is CCOC(=O)N1CCN(c2c(F)cccc2F)CC1. The molecule has 1 aliphatic heterocycles. The highest BCUT2D eigenvalue weighted by atomic mass is 19.1. The fourth-order valence-electron chi connectivity index (χ4n) is 2.12. The summed E-state index contributed by atoms with van der Waals surface area (Å²) in [6.45, 7) is 3.62. The molecular formula is C13H16F2N2O2. The van der Waals surface area contributed by atoms with Crippen LogP contribution in [0.4, 0.5) is 19.3 Å². The summed E-state index contributed by atoms with van der Waals surface area (Å²) in [4.78, 5) is 14.7. The van der Waals surface area contributed by atoms with Gasteiger partial charge in [-0.05, 0) is 19.1 Å². The van der Waals surface area contributed by atoms with Gasteiger partial charge in [0.25, 0.3) is 0 Å². The van der Waals surface area contributed by atoms with Gasteiger partial charge in [0.1, 0.15) is 17.3 Å². The van der Waals surface area contributed by atoms with E-state index >= 15 is 0 Å². The van der Waals surface area contributed by atoms with Gasteiger partial charge in [0.2, 0.25) is 0 Å². The van der Waals surface area contributed by atoms with Gasteiger partial charge < -0.3 is 14.5 Å². The molecule has 1 aliphatic rings. The Morgan fingerprint density at radius 3 is 2.32 bits per heavy atom. The standard InChI is InChI=1S/C13H16F2N2O2/c1-2-19-13(18)17-8-6-16(7-9-17)12-10(14)4-3-5-11(12)15/h3-5H,2,6-9H2,1H3. The van der Waals surface area contributed by atoms with Gasteiger partial charge in [0, 0.05) is 26.2 Å². The van der Waals surface area contributed by atoms with E-state index in [0.29, 0.717) is 32.8 Å². The lowest BCUT2D eigenvalue weighted by Gasteiger charge is -2.35. The molecule has 0 bridgehead atoms. The lowest BCUT2D eigenvalue weighted by molar-refractivity contribution is 0.105. The zero-order valence-electron chi connectivity index (χ0n) is 10.7. The molecule has 2 rings (SSSR count). The molecule has 0 atom stereocenters. The maximum absolute atomic E-state index is 13.6. The minimum Gasteiger partial charge on any atom is -0.450 e.